The smallest absolute Gasteiger partial charge is 0.308 e. The van der Waals surface area contributed by atoms with Crippen molar-refractivity contribution in [1.82, 2.24) is 10.2 Å². The van der Waals surface area contributed by atoms with E-state index in [1.165, 1.54) is 41.7 Å². The van der Waals surface area contributed by atoms with Crippen LogP contribution in [-0.2, 0) is 6.18 Å². The van der Waals surface area contributed by atoms with Crippen LogP contribution in [0, 0.1) is 11.6 Å². The van der Waals surface area contributed by atoms with Gasteiger partial charge in [-0.2, -0.15) is 29.6 Å². The van der Waals surface area contributed by atoms with Gasteiger partial charge in [-0.15, -0.1) is 0 Å². The predicted molar refractivity (Wildman–Crippen MR) is 138 cm³/mol. The first-order valence-corrected chi connectivity index (χ1v) is 12.1. The fourth-order valence-electron chi connectivity index (χ4n) is 3.76. The summed E-state index contributed by atoms with van der Waals surface area (Å²) >= 11 is 1.36. The van der Waals surface area contributed by atoms with Crippen molar-refractivity contribution >= 4 is 51.4 Å². The Morgan fingerprint density at radius 2 is 1.67 bits per heavy atom. The van der Waals surface area contributed by atoms with Crippen molar-refractivity contribution in [2.45, 2.75) is 6.18 Å². The fourth-order valence-corrected chi connectivity index (χ4v) is 4.40. The summed E-state index contributed by atoms with van der Waals surface area (Å²) in [5, 5.41) is 17.5. The van der Waals surface area contributed by atoms with E-state index in [0.29, 0.717) is 34.7 Å². The number of aromatic nitrogens is 2. The lowest BCUT2D eigenvalue weighted by Gasteiger charge is -2.12. The number of thiophene rings is 1. The Hall–Kier alpha value is -4.78. The Kier molecular flexibility index (Phi) is 6.74. The Morgan fingerprint density at radius 3 is 2.36 bits per heavy atom. The maximum atomic E-state index is 15.3. The molecule has 4 N–H and O–H groups in total. The highest BCUT2D eigenvalue weighted by Gasteiger charge is 2.31. The minimum atomic E-state index is -4.70. The molecule has 0 aliphatic heterocycles. The van der Waals surface area contributed by atoms with Crippen LogP contribution in [0.25, 0.3) is 22.0 Å². The highest BCUT2D eigenvalue weighted by Crippen LogP contribution is 2.33. The molecule has 5 rings (SSSR count). The van der Waals surface area contributed by atoms with Gasteiger partial charge in [-0.1, -0.05) is 18.2 Å². The molecule has 0 saturated carbocycles. The van der Waals surface area contributed by atoms with Crippen LogP contribution < -0.4 is 16.0 Å². The number of halogens is 5. The number of benzene rings is 3. The molecule has 2 aromatic heterocycles. The summed E-state index contributed by atoms with van der Waals surface area (Å²) in [4.78, 5) is 24.6. The quantitative estimate of drug-likeness (QED) is 0.169. The van der Waals surface area contributed by atoms with Crippen LogP contribution in [0.15, 0.2) is 71.4 Å². The molecule has 0 bridgehead atoms. The predicted octanol–water partition coefficient (Wildman–Crippen LogP) is 7.48. The number of rotatable bonds is 5. The van der Waals surface area contributed by atoms with Crippen LogP contribution >= 0.6 is 11.3 Å². The Labute approximate surface area is 220 Å². The monoisotopic (exact) mass is 557 g/mol. The van der Waals surface area contributed by atoms with Gasteiger partial charge >= 0.3 is 12.2 Å². The topological polar surface area (TPSA) is 98.9 Å². The largest absolute Gasteiger partial charge is 0.416 e. The molecule has 0 aliphatic rings. The zero-order valence-corrected chi connectivity index (χ0v) is 20.3. The zero-order chi connectivity index (χ0) is 27.7. The van der Waals surface area contributed by atoms with Gasteiger partial charge in [0, 0.05) is 22.0 Å². The number of nitrogens with zero attached hydrogens (tertiary/aromatic N) is 1. The van der Waals surface area contributed by atoms with E-state index >= 15 is 4.39 Å². The third kappa shape index (κ3) is 5.43. The molecule has 0 aliphatic carbocycles. The number of urea groups is 1. The average molecular weight is 558 g/mol. The number of H-pyrrole nitrogens is 1. The minimum absolute atomic E-state index is 0.0813. The van der Waals surface area contributed by atoms with E-state index in [0.717, 1.165) is 0 Å². The van der Waals surface area contributed by atoms with Gasteiger partial charge in [-0.05, 0) is 53.4 Å². The van der Waals surface area contributed by atoms with Gasteiger partial charge < -0.3 is 16.0 Å². The molecule has 5 aromatic rings. The molecule has 0 fully saturated rings. The van der Waals surface area contributed by atoms with E-state index in [2.05, 4.69) is 20.8 Å². The molecule has 13 heteroatoms. The molecule has 3 amide bonds. The second kappa shape index (κ2) is 10.2. The maximum absolute atomic E-state index is 15.3. The number of alkyl halides is 3. The lowest BCUT2D eigenvalue weighted by Crippen LogP contribution is -2.20. The van der Waals surface area contributed by atoms with Gasteiger partial charge in [-0.3, -0.25) is 9.89 Å². The molecule has 0 unspecified atom stereocenters. The van der Waals surface area contributed by atoms with Gasteiger partial charge in [0.2, 0.25) is 0 Å². The number of anilines is 3. The van der Waals surface area contributed by atoms with Crippen LogP contribution in [0.3, 0.4) is 0 Å². The molecule has 0 radical (unpaired) electrons. The molecule has 3 aromatic carbocycles. The van der Waals surface area contributed by atoms with E-state index in [9.17, 15) is 27.2 Å². The number of fused-ring (bicyclic) bond motifs is 1. The van der Waals surface area contributed by atoms with E-state index in [4.69, 9.17) is 0 Å². The Morgan fingerprint density at radius 1 is 0.897 bits per heavy atom. The summed E-state index contributed by atoms with van der Waals surface area (Å²) in [7, 11) is 0. The molecule has 0 spiro atoms. The Bertz CT molecular complexity index is 1680. The van der Waals surface area contributed by atoms with Crippen LogP contribution in [0.4, 0.5) is 43.9 Å². The van der Waals surface area contributed by atoms with Gasteiger partial charge in [0.15, 0.2) is 11.6 Å². The number of carbonyl (C=O) groups is 2. The number of aromatic amines is 1. The molecular weight excluding hydrogens is 541 g/mol. The molecular formula is C26H16F5N5O2S. The SMILES string of the molecule is O=C(Nc1ccc(-c2ccc3c(NC(=O)c4ccsc4)n[nH]c3c2F)cc1)Nc1cc(C(F)(F)F)ccc1F. The number of hydrogen-bond acceptors (Lipinski definition) is 4. The molecule has 198 valence electrons. The zero-order valence-electron chi connectivity index (χ0n) is 19.5. The second-order valence-electron chi connectivity index (χ2n) is 8.24. The van der Waals surface area contributed by atoms with Crippen molar-refractivity contribution in [2.24, 2.45) is 0 Å². The number of nitrogens with one attached hydrogen (secondary N) is 4. The summed E-state index contributed by atoms with van der Waals surface area (Å²) in [6, 6.07) is 11.4. The van der Waals surface area contributed by atoms with Gasteiger partial charge in [-0.25, -0.2) is 13.6 Å². The van der Waals surface area contributed by atoms with Crippen LogP contribution in [-0.4, -0.2) is 22.1 Å². The summed E-state index contributed by atoms with van der Waals surface area (Å²) in [6.07, 6.45) is -4.70. The van der Waals surface area contributed by atoms with Gasteiger partial charge in [0.25, 0.3) is 5.91 Å². The first-order chi connectivity index (χ1) is 18.6. The van der Waals surface area contributed by atoms with Gasteiger partial charge in [0.05, 0.1) is 16.8 Å². The van der Waals surface area contributed by atoms with E-state index in [1.54, 1.807) is 22.9 Å². The highest BCUT2D eigenvalue weighted by atomic mass is 32.1. The third-order valence-corrected chi connectivity index (χ3v) is 6.37. The van der Waals surface area contributed by atoms with E-state index < -0.39 is 35.1 Å². The van der Waals surface area contributed by atoms with Crippen molar-refractivity contribution in [3.05, 3.63) is 94.2 Å². The van der Waals surface area contributed by atoms with Gasteiger partial charge in [0.1, 0.15) is 11.3 Å². The summed E-state index contributed by atoms with van der Waals surface area (Å²) < 4.78 is 67.9. The van der Waals surface area contributed by atoms with Crippen molar-refractivity contribution < 1.29 is 31.5 Å². The first-order valence-electron chi connectivity index (χ1n) is 11.2. The van der Waals surface area contributed by atoms with Crippen molar-refractivity contribution in [2.75, 3.05) is 16.0 Å². The molecule has 0 saturated heterocycles. The van der Waals surface area contributed by atoms with Crippen LogP contribution in [0.5, 0.6) is 0 Å². The number of hydrogen-bond donors (Lipinski definition) is 4. The van der Waals surface area contributed by atoms with Crippen LogP contribution in [0.2, 0.25) is 0 Å². The van der Waals surface area contributed by atoms with E-state index in [1.807, 2.05) is 5.32 Å². The van der Waals surface area contributed by atoms with E-state index in [-0.39, 0.29) is 28.5 Å². The molecule has 39 heavy (non-hydrogen) atoms. The summed E-state index contributed by atoms with van der Waals surface area (Å²) in [5.41, 5.74) is -0.332. The molecule has 0 atom stereocenters. The minimum Gasteiger partial charge on any atom is -0.308 e. The lowest BCUT2D eigenvalue weighted by molar-refractivity contribution is -0.137. The van der Waals surface area contributed by atoms with Crippen molar-refractivity contribution in [3.8, 4) is 11.1 Å². The van der Waals surface area contributed by atoms with Crippen molar-refractivity contribution in [3.63, 3.8) is 0 Å². The molecule has 2 heterocycles. The third-order valence-electron chi connectivity index (χ3n) is 5.69. The number of carbonyl (C=O) groups excluding carboxylic acids is 2. The van der Waals surface area contributed by atoms with Crippen molar-refractivity contribution in [1.29, 1.82) is 0 Å². The highest BCUT2D eigenvalue weighted by molar-refractivity contribution is 7.08. The lowest BCUT2D eigenvalue weighted by atomic mass is 10.0. The maximum Gasteiger partial charge on any atom is 0.416 e. The molecule has 7 nitrogen and oxygen atoms in total. The Balaban J connectivity index is 1.30. The summed E-state index contributed by atoms with van der Waals surface area (Å²) in [6.45, 7) is 0. The normalized spacial score (nSPS) is 11.4. The standard InChI is InChI=1S/C26H16F5N5O2S/c27-19-8-3-15(26(29,30)31)11-20(19)33-25(38)32-16-4-1-13(2-5-16)17-6-7-18-22(21(17)28)35-36-23(18)34-24(37)14-9-10-39-12-14/h1-12H,(H2,32,33,38)(H2,34,35,36,37). The second-order valence-corrected chi connectivity index (χ2v) is 9.02. The average Bonchev–Trinajstić information content (AvgIpc) is 3.57. The van der Waals surface area contributed by atoms with Crippen LogP contribution in [0.1, 0.15) is 15.9 Å². The summed E-state index contributed by atoms with van der Waals surface area (Å²) in [5.74, 6) is -1.85. The number of amides is 3. The fraction of sp³-hybridized carbons (Fsp3) is 0.0385. The first kappa shape index (κ1) is 25.9.